The molecule has 3 rings (SSSR count). The fourth-order valence-corrected chi connectivity index (χ4v) is 3.20. The van der Waals surface area contributed by atoms with Crippen LogP contribution in [0.3, 0.4) is 0 Å². The molecule has 22 heavy (non-hydrogen) atoms. The molecule has 2 aliphatic heterocycles. The van der Waals surface area contributed by atoms with Crippen molar-refractivity contribution in [3.05, 3.63) is 35.9 Å². The minimum atomic E-state index is 0.0494. The van der Waals surface area contributed by atoms with E-state index in [1.54, 1.807) is 0 Å². The van der Waals surface area contributed by atoms with E-state index in [1.165, 1.54) is 0 Å². The number of nitrogens with zero attached hydrogens (tertiary/aromatic N) is 2. The van der Waals surface area contributed by atoms with Gasteiger partial charge in [0, 0.05) is 45.4 Å². The number of nitrogens with one attached hydrogen (secondary N) is 1. The first-order valence-corrected chi connectivity index (χ1v) is 8.21. The minimum Gasteiger partial charge on any atom is -0.380 e. The average Bonchev–Trinajstić information content (AvgIpc) is 2.98. The number of carbonyl (C=O) groups excluding carboxylic acids is 1. The highest BCUT2D eigenvalue weighted by Crippen LogP contribution is 2.15. The second-order valence-corrected chi connectivity index (χ2v) is 6.04. The number of amides is 2. The van der Waals surface area contributed by atoms with Crippen LogP contribution in [0.5, 0.6) is 0 Å². The van der Waals surface area contributed by atoms with Gasteiger partial charge < -0.3 is 15.0 Å². The predicted octanol–water partition coefficient (Wildman–Crippen LogP) is 1.69. The average molecular weight is 303 g/mol. The number of carbonyl (C=O) groups is 1. The highest BCUT2D eigenvalue weighted by molar-refractivity contribution is 5.74. The first-order chi connectivity index (χ1) is 10.8. The summed E-state index contributed by atoms with van der Waals surface area (Å²) in [4.78, 5) is 16.8. The van der Waals surface area contributed by atoms with E-state index in [0.717, 1.165) is 57.8 Å². The Kier molecular flexibility index (Phi) is 5.29. The summed E-state index contributed by atoms with van der Waals surface area (Å²) in [7, 11) is 0. The first kappa shape index (κ1) is 15.3. The molecular formula is C17H25N3O2. The second-order valence-electron chi connectivity index (χ2n) is 6.04. The highest BCUT2D eigenvalue weighted by Gasteiger charge is 2.26. The van der Waals surface area contributed by atoms with Crippen LogP contribution in [0.4, 0.5) is 4.79 Å². The smallest absolute Gasteiger partial charge is 0.317 e. The fourth-order valence-electron chi connectivity index (χ4n) is 3.20. The Balaban J connectivity index is 1.46. The zero-order chi connectivity index (χ0) is 15.2. The molecule has 5 heteroatoms. The maximum Gasteiger partial charge on any atom is 0.317 e. The van der Waals surface area contributed by atoms with Crippen molar-refractivity contribution >= 4 is 6.03 Å². The number of urea groups is 1. The van der Waals surface area contributed by atoms with Crippen LogP contribution in [-0.2, 0) is 11.3 Å². The Labute approximate surface area is 132 Å². The molecule has 0 bridgehead atoms. The van der Waals surface area contributed by atoms with Crippen molar-refractivity contribution in [3.8, 4) is 0 Å². The van der Waals surface area contributed by atoms with Gasteiger partial charge in [-0.2, -0.15) is 0 Å². The number of hydrogen-bond acceptors (Lipinski definition) is 3. The summed E-state index contributed by atoms with van der Waals surface area (Å²) in [6.07, 6.45) is 2.16. The van der Waals surface area contributed by atoms with E-state index in [4.69, 9.17) is 4.74 Å². The van der Waals surface area contributed by atoms with E-state index in [1.807, 2.05) is 35.2 Å². The molecule has 0 radical (unpaired) electrons. The van der Waals surface area contributed by atoms with Crippen LogP contribution >= 0.6 is 0 Å². The number of rotatable bonds is 3. The zero-order valence-corrected chi connectivity index (χ0v) is 13.0. The molecule has 1 N–H and O–H groups in total. The molecule has 0 aromatic heterocycles. The molecule has 2 heterocycles. The summed E-state index contributed by atoms with van der Waals surface area (Å²) in [6.45, 7) is 5.98. The normalized spacial score (nSPS) is 23.3. The molecule has 0 spiro atoms. The predicted molar refractivity (Wildman–Crippen MR) is 85.7 cm³/mol. The lowest BCUT2D eigenvalue weighted by molar-refractivity contribution is 0.145. The Morgan fingerprint density at radius 1 is 1.18 bits per heavy atom. The lowest BCUT2D eigenvalue weighted by Crippen LogP contribution is -2.43. The lowest BCUT2D eigenvalue weighted by Gasteiger charge is -2.26. The number of ether oxygens (including phenoxy) is 1. The molecule has 2 saturated heterocycles. The van der Waals surface area contributed by atoms with Crippen LogP contribution in [0.2, 0.25) is 0 Å². The van der Waals surface area contributed by atoms with Crippen LogP contribution in [0.15, 0.2) is 30.3 Å². The summed E-state index contributed by atoms with van der Waals surface area (Å²) in [6, 6.07) is 10.6. The first-order valence-electron chi connectivity index (χ1n) is 8.21. The van der Waals surface area contributed by atoms with Gasteiger partial charge >= 0.3 is 6.03 Å². The van der Waals surface area contributed by atoms with Gasteiger partial charge in [-0.05, 0) is 18.4 Å². The zero-order valence-electron chi connectivity index (χ0n) is 13.0. The van der Waals surface area contributed by atoms with Crippen molar-refractivity contribution in [1.29, 1.82) is 0 Å². The molecule has 2 aliphatic rings. The van der Waals surface area contributed by atoms with Gasteiger partial charge in [-0.1, -0.05) is 30.3 Å². The highest BCUT2D eigenvalue weighted by atomic mass is 16.5. The molecule has 1 unspecified atom stereocenters. The van der Waals surface area contributed by atoms with Crippen LogP contribution in [0.25, 0.3) is 0 Å². The van der Waals surface area contributed by atoms with Crippen molar-refractivity contribution in [2.75, 3.05) is 39.4 Å². The van der Waals surface area contributed by atoms with Crippen LogP contribution in [-0.4, -0.2) is 61.3 Å². The van der Waals surface area contributed by atoms with Gasteiger partial charge in [0.15, 0.2) is 0 Å². The Morgan fingerprint density at radius 2 is 2.05 bits per heavy atom. The molecule has 0 aliphatic carbocycles. The second kappa shape index (κ2) is 7.61. The van der Waals surface area contributed by atoms with E-state index < -0.39 is 0 Å². The van der Waals surface area contributed by atoms with Gasteiger partial charge in [0.1, 0.15) is 0 Å². The largest absolute Gasteiger partial charge is 0.380 e. The van der Waals surface area contributed by atoms with Crippen molar-refractivity contribution < 1.29 is 9.53 Å². The van der Waals surface area contributed by atoms with Crippen LogP contribution in [0, 0.1) is 0 Å². The summed E-state index contributed by atoms with van der Waals surface area (Å²) in [5.74, 6) is 0. The molecule has 1 aromatic rings. The maximum absolute atomic E-state index is 12.3. The molecule has 1 aromatic carbocycles. The Hall–Kier alpha value is -1.59. The topological polar surface area (TPSA) is 44.8 Å². The molecule has 120 valence electrons. The SMILES string of the molecule is O=C(NCc1ccccc1)N1CCCN(C2CCOC2)CC1. The van der Waals surface area contributed by atoms with E-state index in [9.17, 15) is 4.79 Å². The third kappa shape index (κ3) is 3.99. The fraction of sp³-hybridized carbons (Fsp3) is 0.588. The minimum absolute atomic E-state index is 0.0494. The molecule has 5 nitrogen and oxygen atoms in total. The summed E-state index contributed by atoms with van der Waals surface area (Å²) in [5, 5.41) is 3.02. The quantitative estimate of drug-likeness (QED) is 0.924. The molecule has 0 saturated carbocycles. The monoisotopic (exact) mass is 303 g/mol. The van der Waals surface area contributed by atoms with Crippen molar-refractivity contribution in [2.45, 2.75) is 25.4 Å². The van der Waals surface area contributed by atoms with Gasteiger partial charge in [0.25, 0.3) is 0 Å². The molecule has 2 amide bonds. The van der Waals surface area contributed by atoms with Gasteiger partial charge in [-0.25, -0.2) is 4.79 Å². The number of benzene rings is 1. The van der Waals surface area contributed by atoms with Gasteiger partial charge in [0.05, 0.1) is 6.61 Å². The van der Waals surface area contributed by atoms with Crippen molar-refractivity contribution in [2.24, 2.45) is 0 Å². The Bertz CT molecular complexity index is 474. The van der Waals surface area contributed by atoms with E-state index in [0.29, 0.717) is 12.6 Å². The maximum atomic E-state index is 12.3. The van der Waals surface area contributed by atoms with Gasteiger partial charge in [0.2, 0.25) is 0 Å². The van der Waals surface area contributed by atoms with Crippen LogP contribution < -0.4 is 5.32 Å². The van der Waals surface area contributed by atoms with Crippen LogP contribution in [0.1, 0.15) is 18.4 Å². The van der Waals surface area contributed by atoms with E-state index in [-0.39, 0.29) is 6.03 Å². The van der Waals surface area contributed by atoms with E-state index >= 15 is 0 Å². The summed E-state index contributed by atoms with van der Waals surface area (Å²) in [5.41, 5.74) is 1.13. The van der Waals surface area contributed by atoms with Crippen molar-refractivity contribution in [1.82, 2.24) is 15.1 Å². The van der Waals surface area contributed by atoms with E-state index in [2.05, 4.69) is 10.2 Å². The van der Waals surface area contributed by atoms with Crippen molar-refractivity contribution in [3.63, 3.8) is 0 Å². The van der Waals surface area contributed by atoms with Gasteiger partial charge in [-0.3, -0.25) is 4.90 Å². The summed E-state index contributed by atoms with van der Waals surface area (Å²) < 4.78 is 5.48. The lowest BCUT2D eigenvalue weighted by atomic mass is 10.2. The third-order valence-corrected chi connectivity index (χ3v) is 4.53. The third-order valence-electron chi connectivity index (χ3n) is 4.53. The number of hydrogen-bond donors (Lipinski definition) is 1. The molecular weight excluding hydrogens is 278 g/mol. The standard InChI is InChI=1S/C17H25N3O2/c21-17(18-13-15-5-2-1-3-6-15)20-9-4-8-19(10-11-20)16-7-12-22-14-16/h1-3,5-6,16H,4,7-14H2,(H,18,21). The summed E-state index contributed by atoms with van der Waals surface area (Å²) >= 11 is 0. The molecule has 2 fully saturated rings. The molecule has 1 atom stereocenters. The van der Waals surface area contributed by atoms with Gasteiger partial charge in [-0.15, -0.1) is 0 Å². The Morgan fingerprint density at radius 3 is 2.82 bits per heavy atom.